The van der Waals surface area contributed by atoms with Crippen molar-refractivity contribution in [1.29, 1.82) is 0 Å². The van der Waals surface area contributed by atoms with Gasteiger partial charge < -0.3 is 14.2 Å². The number of aromatic nitrogens is 2. The van der Waals surface area contributed by atoms with Gasteiger partial charge >= 0.3 is 18.1 Å². The molecule has 0 aliphatic rings. The number of H-pyrrole nitrogens is 1. The summed E-state index contributed by atoms with van der Waals surface area (Å²) < 4.78 is 66.3. The van der Waals surface area contributed by atoms with Crippen LogP contribution in [0.3, 0.4) is 0 Å². The molecular weight excluding hydrogens is 400 g/mol. The van der Waals surface area contributed by atoms with Gasteiger partial charge in [0.25, 0.3) is 0 Å². The highest BCUT2D eigenvalue weighted by Crippen LogP contribution is 2.30. The molecular formula is C18H18F4N2O5. The minimum Gasteiger partial charge on any atom is -0.472 e. The summed E-state index contributed by atoms with van der Waals surface area (Å²) in [6.45, 7) is 2.80. The van der Waals surface area contributed by atoms with Crippen molar-refractivity contribution in [2.45, 2.75) is 39.2 Å². The second kappa shape index (κ2) is 9.39. The summed E-state index contributed by atoms with van der Waals surface area (Å²) in [6, 6.07) is 3.56. The molecule has 0 bridgehead atoms. The Labute approximate surface area is 162 Å². The predicted octanol–water partition coefficient (Wildman–Crippen LogP) is 3.18. The van der Waals surface area contributed by atoms with E-state index in [4.69, 9.17) is 9.47 Å². The lowest BCUT2D eigenvalue weighted by atomic mass is 10.1. The van der Waals surface area contributed by atoms with E-state index >= 15 is 0 Å². The monoisotopic (exact) mass is 418 g/mol. The molecule has 0 amide bonds. The predicted molar refractivity (Wildman–Crippen MR) is 90.2 cm³/mol. The number of nitrogens with one attached hydrogen (secondary N) is 1. The molecule has 29 heavy (non-hydrogen) atoms. The van der Waals surface area contributed by atoms with Crippen molar-refractivity contribution in [2.75, 3.05) is 6.61 Å². The molecule has 0 saturated carbocycles. The number of hydrogen-bond acceptors (Lipinski definition) is 6. The molecule has 0 saturated heterocycles. The van der Waals surface area contributed by atoms with Crippen LogP contribution < -0.4 is 4.74 Å². The Balaban J connectivity index is 1.92. The van der Waals surface area contributed by atoms with Crippen molar-refractivity contribution in [3.8, 4) is 5.88 Å². The van der Waals surface area contributed by atoms with Gasteiger partial charge in [0.1, 0.15) is 18.5 Å². The molecule has 158 valence electrons. The minimum absolute atomic E-state index is 0.0152. The number of carbonyl (C=O) groups is 2. The Morgan fingerprint density at radius 2 is 1.90 bits per heavy atom. The highest BCUT2D eigenvalue weighted by atomic mass is 19.4. The van der Waals surface area contributed by atoms with Gasteiger partial charge in [0, 0.05) is 18.2 Å². The molecule has 1 heterocycles. The number of ether oxygens (including phenoxy) is 3. The smallest absolute Gasteiger partial charge is 0.417 e. The maximum atomic E-state index is 13.4. The van der Waals surface area contributed by atoms with Crippen LogP contribution in [0.2, 0.25) is 0 Å². The van der Waals surface area contributed by atoms with E-state index in [1.54, 1.807) is 13.8 Å². The van der Waals surface area contributed by atoms with E-state index in [-0.39, 0.29) is 31.1 Å². The SMILES string of the molecule is CCOC(=O)C(=O)OC(C)Cc1cc(OCc2cc(F)cc(C(F)(F)F)c2)n[nH]1. The number of carbonyl (C=O) groups excluding carboxylic acids is 2. The Morgan fingerprint density at radius 1 is 1.17 bits per heavy atom. The Morgan fingerprint density at radius 3 is 2.55 bits per heavy atom. The van der Waals surface area contributed by atoms with E-state index in [2.05, 4.69) is 14.9 Å². The average molecular weight is 418 g/mol. The number of aromatic amines is 1. The molecule has 1 aromatic carbocycles. The van der Waals surface area contributed by atoms with E-state index in [0.29, 0.717) is 11.8 Å². The molecule has 0 aliphatic heterocycles. The van der Waals surface area contributed by atoms with E-state index in [0.717, 1.165) is 12.1 Å². The second-order valence-corrected chi connectivity index (χ2v) is 6.01. The highest BCUT2D eigenvalue weighted by Gasteiger charge is 2.31. The summed E-state index contributed by atoms with van der Waals surface area (Å²) in [4.78, 5) is 22.7. The van der Waals surface area contributed by atoms with Crippen LogP contribution in [0.4, 0.5) is 17.6 Å². The third-order valence-corrected chi connectivity index (χ3v) is 3.54. The zero-order chi connectivity index (χ0) is 21.6. The molecule has 2 rings (SSSR count). The maximum Gasteiger partial charge on any atom is 0.417 e. The van der Waals surface area contributed by atoms with Crippen LogP contribution in [0.5, 0.6) is 5.88 Å². The third kappa shape index (κ3) is 6.77. The molecule has 0 fully saturated rings. The lowest BCUT2D eigenvalue weighted by molar-refractivity contribution is -0.170. The number of hydrogen-bond donors (Lipinski definition) is 1. The zero-order valence-corrected chi connectivity index (χ0v) is 15.5. The van der Waals surface area contributed by atoms with E-state index in [9.17, 15) is 27.2 Å². The molecule has 1 unspecified atom stereocenters. The summed E-state index contributed by atoms with van der Waals surface area (Å²) in [5.74, 6) is -3.19. The number of rotatable bonds is 7. The largest absolute Gasteiger partial charge is 0.472 e. The number of alkyl halides is 3. The van der Waals surface area contributed by atoms with Crippen molar-refractivity contribution in [2.24, 2.45) is 0 Å². The minimum atomic E-state index is -4.67. The van der Waals surface area contributed by atoms with Gasteiger partial charge in [-0.3, -0.25) is 5.10 Å². The molecule has 1 atom stereocenters. The first kappa shape index (κ1) is 22.2. The van der Waals surface area contributed by atoms with Crippen LogP contribution in [-0.2, 0) is 38.3 Å². The first-order chi connectivity index (χ1) is 13.6. The first-order valence-electron chi connectivity index (χ1n) is 8.50. The van der Waals surface area contributed by atoms with Crippen molar-refractivity contribution in [1.82, 2.24) is 10.2 Å². The quantitative estimate of drug-likeness (QED) is 0.422. The van der Waals surface area contributed by atoms with Crippen molar-refractivity contribution in [3.05, 3.63) is 46.9 Å². The Bertz CT molecular complexity index is 866. The van der Waals surface area contributed by atoms with Gasteiger partial charge in [-0.2, -0.15) is 13.2 Å². The van der Waals surface area contributed by atoms with Crippen LogP contribution >= 0.6 is 0 Å². The number of esters is 2. The topological polar surface area (TPSA) is 90.5 Å². The van der Waals surface area contributed by atoms with Crippen LogP contribution in [0.15, 0.2) is 24.3 Å². The molecule has 7 nitrogen and oxygen atoms in total. The third-order valence-electron chi connectivity index (χ3n) is 3.54. The van der Waals surface area contributed by atoms with E-state index in [1.165, 1.54) is 6.07 Å². The number of halogens is 4. The summed E-state index contributed by atoms with van der Waals surface area (Å²) in [6.07, 6.45) is -5.19. The summed E-state index contributed by atoms with van der Waals surface area (Å²) in [5.41, 5.74) is -0.644. The van der Waals surface area contributed by atoms with Gasteiger partial charge in [0.15, 0.2) is 0 Å². The van der Waals surface area contributed by atoms with E-state index < -0.39 is 35.6 Å². The van der Waals surface area contributed by atoms with Crippen LogP contribution in [0.1, 0.15) is 30.7 Å². The fraction of sp³-hybridized carbons (Fsp3) is 0.389. The lowest BCUT2D eigenvalue weighted by Crippen LogP contribution is -2.25. The number of nitrogens with zero attached hydrogens (tertiary/aromatic N) is 1. The van der Waals surface area contributed by atoms with Gasteiger partial charge in [0.2, 0.25) is 5.88 Å². The first-order valence-corrected chi connectivity index (χ1v) is 8.50. The summed E-state index contributed by atoms with van der Waals surface area (Å²) >= 11 is 0. The van der Waals surface area contributed by atoms with Crippen LogP contribution in [0, 0.1) is 5.82 Å². The van der Waals surface area contributed by atoms with Gasteiger partial charge in [-0.05, 0) is 37.6 Å². The fourth-order valence-corrected chi connectivity index (χ4v) is 2.35. The van der Waals surface area contributed by atoms with Gasteiger partial charge in [-0.25, -0.2) is 14.0 Å². The second-order valence-electron chi connectivity index (χ2n) is 6.01. The molecule has 0 spiro atoms. The number of benzene rings is 1. The summed E-state index contributed by atoms with van der Waals surface area (Å²) in [5, 5.41) is 6.44. The molecule has 11 heteroatoms. The van der Waals surface area contributed by atoms with E-state index in [1.807, 2.05) is 0 Å². The molecule has 2 aromatic rings. The van der Waals surface area contributed by atoms with Crippen LogP contribution in [-0.4, -0.2) is 34.8 Å². The summed E-state index contributed by atoms with van der Waals surface area (Å²) in [7, 11) is 0. The Hall–Kier alpha value is -3.11. The fourth-order valence-electron chi connectivity index (χ4n) is 2.35. The highest BCUT2D eigenvalue weighted by molar-refractivity contribution is 6.29. The Kier molecular flexibility index (Phi) is 7.18. The van der Waals surface area contributed by atoms with Crippen molar-refractivity contribution >= 4 is 11.9 Å². The normalized spacial score (nSPS) is 12.3. The lowest BCUT2D eigenvalue weighted by Gasteiger charge is -2.11. The van der Waals surface area contributed by atoms with Crippen molar-refractivity contribution in [3.63, 3.8) is 0 Å². The molecule has 0 radical (unpaired) electrons. The van der Waals surface area contributed by atoms with Gasteiger partial charge in [0.05, 0.1) is 12.2 Å². The average Bonchev–Trinajstić information content (AvgIpc) is 3.06. The maximum absolute atomic E-state index is 13.4. The molecule has 0 aliphatic carbocycles. The van der Waals surface area contributed by atoms with Crippen LogP contribution in [0.25, 0.3) is 0 Å². The van der Waals surface area contributed by atoms with Gasteiger partial charge in [-0.1, -0.05) is 0 Å². The molecule has 1 aromatic heterocycles. The van der Waals surface area contributed by atoms with Crippen molar-refractivity contribution < 1.29 is 41.4 Å². The molecule has 1 N–H and O–H groups in total. The van der Waals surface area contributed by atoms with Gasteiger partial charge in [-0.15, -0.1) is 5.10 Å². The zero-order valence-electron chi connectivity index (χ0n) is 15.5. The standard InChI is InChI=1S/C18H18F4N2O5/c1-3-27-16(25)17(26)29-10(2)4-14-8-15(24-23-14)28-9-11-5-12(18(20,21)22)7-13(19)6-11/h5-8,10H,3-4,9H2,1-2H3,(H,23,24).